The Morgan fingerprint density at radius 1 is 1.17 bits per heavy atom. The molecule has 2 heteroatoms. The van der Waals surface area contributed by atoms with Gasteiger partial charge in [-0.15, -0.1) is 0 Å². The molecule has 0 aliphatic carbocycles. The highest BCUT2D eigenvalue weighted by Gasteiger charge is 2.13. The fourth-order valence-electron chi connectivity index (χ4n) is 1.58. The fourth-order valence-corrected chi connectivity index (χ4v) is 1.58. The first-order valence-corrected chi connectivity index (χ1v) is 5.08. The summed E-state index contributed by atoms with van der Waals surface area (Å²) in [6.07, 6.45) is 3.91. The van der Waals surface area contributed by atoms with Crippen molar-refractivity contribution < 1.29 is 0 Å². The maximum atomic E-state index is 3.33. The van der Waals surface area contributed by atoms with Gasteiger partial charge in [-0.1, -0.05) is 13.3 Å². The summed E-state index contributed by atoms with van der Waals surface area (Å²) < 4.78 is 0. The normalized spacial score (nSPS) is 16.0. The van der Waals surface area contributed by atoms with Crippen molar-refractivity contribution in [2.24, 2.45) is 5.92 Å². The summed E-state index contributed by atoms with van der Waals surface area (Å²) in [5.74, 6) is 0.826. The van der Waals surface area contributed by atoms with Crippen LogP contribution in [-0.2, 0) is 0 Å². The van der Waals surface area contributed by atoms with Crippen LogP contribution in [0.1, 0.15) is 33.1 Å². The summed E-state index contributed by atoms with van der Waals surface area (Å²) in [6.45, 7) is 5.67. The maximum Gasteiger partial charge on any atom is 0.00644 e. The van der Waals surface area contributed by atoms with Gasteiger partial charge in [0.05, 0.1) is 0 Å². The third kappa shape index (κ3) is 4.73. The van der Waals surface area contributed by atoms with Crippen molar-refractivity contribution in [3.8, 4) is 0 Å². The minimum Gasteiger partial charge on any atom is -0.320 e. The van der Waals surface area contributed by atoms with Gasteiger partial charge in [0.25, 0.3) is 0 Å². The molecule has 0 saturated heterocycles. The van der Waals surface area contributed by atoms with Crippen LogP contribution in [0.15, 0.2) is 0 Å². The molecule has 0 aromatic rings. The molecule has 0 heterocycles. The average Bonchev–Trinajstić information content (AvgIpc) is 2.11. The van der Waals surface area contributed by atoms with E-state index in [2.05, 4.69) is 24.5 Å². The summed E-state index contributed by atoms with van der Waals surface area (Å²) in [5.41, 5.74) is 0. The molecule has 0 saturated carbocycles. The zero-order chi connectivity index (χ0) is 9.40. The van der Waals surface area contributed by atoms with Crippen LogP contribution in [0.4, 0.5) is 0 Å². The van der Waals surface area contributed by atoms with E-state index in [4.69, 9.17) is 0 Å². The zero-order valence-electron chi connectivity index (χ0n) is 8.98. The predicted molar refractivity (Wildman–Crippen MR) is 55.5 cm³/mol. The first kappa shape index (κ1) is 11.9. The highest BCUT2D eigenvalue weighted by atomic mass is 14.9. The molecular formula is C10H24N2. The van der Waals surface area contributed by atoms with Gasteiger partial charge < -0.3 is 10.6 Å². The third-order valence-electron chi connectivity index (χ3n) is 2.59. The standard InChI is InChI=1S/C10H24N2/c1-5-6-10(7-8-11-3)9(2)12-4/h9-12H,5-8H2,1-4H3. The molecule has 0 amide bonds. The Morgan fingerprint density at radius 2 is 1.83 bits per heavy atom. The smallest absolute Gasteiger partial charge is 0.00644 e. The Hall–Kier alpha value is -0.0800. The van der Waals surface area contributed by atoms with E-state index in [1.165, 1.54) is 19.3 Å². The molecular weight excluding hydrogens is 148 g/mol. The van der Waals surface area contributed by atoms with E-state index < -0.39 is 0 Å². The number of hydrogen-bond donors (Lipinski definition) is 2. The molecule has 2 N–H and O–H groups in total. The van der Waals surface area contributed by atoms with Gasteiger partial charge in [0.1, 0.15) is 0 Å². The van der Waals surface area contributed by atoms with Crippen molar-refractivity contribution in [1.82, 2.24) is 10.6 Å². The van der Waals surface area contributed by atoms with E-state index in [-0.39, 0.29) is 0 Å². The van der Waals surface area contributed by atoms with Crippen LogP contribution in [0.25, 0.3) is 0 Å². The van der Waals surface area contributed by atoms with Gasteiger partial charge in [0.15, 0.2) is 0 Å². The van der Waals surface area contributed by atoms with Crippen molar-refractivity contribution in [3.63, 3.8) is 0 Å². The van der Waals surface area contributed by atoms with Crippen molar-refractivity contribution in [1.29, 1.82) is 0 Å². The van der Waals surface area contributed by atoms with E-state index >= 15 is 0 Å². The average molecular weight is 172 g/mol. The summed E-state index contributed by atoms with van der Waals surface area (Å²) >= 11 is 0. The Balaban J connectivity index is 3.68. The second kappa shape index (κ2) is 7.56. The molecule has 0 aliphatic heterocycles. The summed E-state index contributed by atoms with van der Waals surface area (Å²) in [5, 5.41) is 6.54. The van der Waals surface area contributed by atoms with Crippen LogP contribution in [0, 0.1) is 5.92 Å². The van der Waals surface area contributed by atoms with Gasteiger partial charge in [-0.3, -0.25) is 0 Å². The van der Waals surface area contributed by atoms with Gasteiger partial charge in [0.2, 0.25) is 0 Å². The lowest BCUT2D eigenvalue weighted by molar-refractivity contribution is 0.343. The molecule has 0 aliphatic rings. The minimum absolute atomic E-state index is 0.651. The lowest BCUT2D eigenvalue weighted by Gasteiger charge is -2.22. The lowest BCUT2D eigenvalue weighted by Crippen LogP contribution is -2.32. The molecule has 2 atom stereocenters. The lowest BCUT2D eigenvalue weighted by atomic mass is 9.93. The second-order valence-corrected chi connectivity index (χ2v) is 3.52. The van der Waals surface area contributed by atoms with Gasteiger partial charge in [0, 0.05) is 6.04 Å². The Bertz CT molecular complexity index is 93.8. The van der Waals surface area contributed by atoms with Crippen LogP contribution in [0.5, 0.6) is 0 Å². The molecule has 2 nitrogen and oxygen atoms in total. The third-order valence-corrected chi connectivity index (χ3v) is 2.59. The van der Waals surface area contributed by atoms with Gasteiger partial charge >= 0.3 is 0 Å². The quantitative estimate of drug-likeness (QED) is 0.610. The van der Waals surface area contributed by atoms with E-state index in [1.807, 2.05) is 14.1 Å². The summed E-state index contributed by atoms with van der Waals surface area (Å²) in [6, 6.07) is 0.651. The molecule has 74 valence electrons. The SMILES string of the molecule is CCCC(CCNC)C(C)NC. The minimum atomic E-state index is 0.651. The van der Waals surface area contributed by atoms with Crippen molar-refractivity contribution in [3.05, 3.63) is 0 Å². The second-order valence-electron chi connectivity index (χ2n) is 3.52. The first-order valence-electron chi connectivity index (χ1n) is 5.08. The Labute approximate surface area is 77.1 Å². The highest BCUT2D eigenvalue weighted by molar-refractivity contribution is 4.70. The molecule has 12 heavy (non-hydrogen) atoms. The molecule has 0 spiro atoms. The molecule has 0 bridgehead atoms. The van der Waals surface area contributed by atoms with Crippen molar-refractivity contribution >= 4 is 0 Å². The van der Waals surface area contributed by atoms with Crippen LogP contribution in [0.2, 0.25) is 0 Å². The zero-order valence-corrected chi connectivity index (χ0v) is 8.98. The van der Waals surface area contributed by atoms with Gasteiger partial charge in [-0.2, -0.15) is 0 Å². The monoisotopic (exact) mass is 172 g/mol. The molecule has 2 unspecified atom stereocenters. The molecule has 0 rings (SSSR count). The largest absolute Gasteiger partial charge is 0.320 e. The topological polar surface area (TPSA) is 24.1 Å². The first-order chi connectivity index (χ1) is 5.76. The number of rotatable bonds is 7. The summed E-state index contributed by atoms with van der Waals surface area (Å²) in [4.78, 5) is 0. The number of nitrogens with one attached hydrogen (secondary N) is 2. The van der Waals surface area contributed by atoms with E-state index in [0.717, 1.165) is 12.5 Å². The van der Waals surface area contributed by atoms with Gasteiger partial charge in [-0.25, -0.2) is 0 Å². The maximum absolute atomic E-state index is 3.33. The number of hydrogen-bond acceptors (Lipinski definition) is 2. The molecule has 0 aromatic heterocycles. The fraction of sp³-hybridized carbons (Fsp3) is 1.00. The van der Waals surface area contributed by atoms with Gasteiger partial charge in [-0.05, 0) is 46.3 Å². The van der Waals surface area contributed by atoms with Crippen molar-refractivity contribution in [2.45, 2.75) is 39.2 Å². The Kier molecular flexibility index (Phi) is 7.51. The van der Waals surface area contributed by atoms with Crippen LogP contribution in [0.3, 0.4) is 0 Å². The van der Waals surface area contributed by atoms with E-state index in [0.29, 0.717) is 6.04 Å². The predicted octanol–water partition coefficient (Wildman–Crippen LogP) is 1.62. The molecule has 0 radical (unpaired) electrons. The molecule has 0 fully saturated rings. The summed E-state index contributed by atoms with van der Waals surface area (Å²) in [7, 11) is 4.07. The van der Waals surface area contributed by atoms with E-state index in [9.17, 15) is 0 Å². The van der Waals surface area contributed by atoms with Crippen LogP contribution >= 0.6 is 0 Å². The van der Waals surface area contributed by atoms with Crippen LogP contribution < -0.4 is 10.6 Å². The highest BCUT2D eigenvalue weighted by Crippen LogP contribution is 2.14. The van der Waals surface area contributed by atoms with Crippen molar-refractivity contribution in [2.75, 3.05) is 20.6 Å². The molecule has 0 aromatic carbocycles. The van der Waals surface area contributed by atoms with Crippen LogP contribution in [-0.4, -0.2) is 26.7 Å². The Morgan fingerprint density at radius 3 is 2.25 bits per heavy atom. The van der Waals surface area contributed by atoms with E-state index in [1.54, 1.807) is 0 Å².